The van der Waals surface area contributed by atoms with Gasteiger partial charge in [-0.3, -0.25) is 14.6 Å². The molecule has 1 amide bonds. The summed E-state index contributed by atoms with van der Waals surface area (Å²) in [6.07, 6.45) is 0. The first-order valence-electron chi connectivity index (χ1n) is 8.44. The van der Waals surface area contributed by atoms with Crippen molar-refractivity contribution in [1.82, 2.24) is 9.80 Å². The van der Waals surface area contributed by atoms with Crippen LogP contribution in [0.25, 0.3) is 0 Å². The number of carbonyl (C=O) groups excluding carboxylic acids is 1. The number of benzene rings is 2. The van der Waals surface area contributed by atoms with Gasteiger partial charge in [0.05, 0.1) is 22.3 Å². The highest BCUT2D eigenvalue weighted by molar-refractivity contribution is 6.39. The molecule has 2 aromatic carbocycles. The number of nitrogens with one attached hydrogen (secondary N) is 1. The van der Waals surface area contributed by atoms with Crippen molar-refractivity contribution in [3.8, 4) is 0 Å². The monoisotopic (exact) mass is 411 g/mol. The topological polar surface area (TPSA) is 35.6 Å². The zero-order valence-corrected chi connectivity index (χ0v) is 16.5. The SMILES string of the molecule is O=C(CN1CCN(Cc2cccc(Cl)c2)CC1)Nc1c(Cl)cccc1Cl. The maximum Gasteiger partial charge on any atom is 0.238 e. The van der Waals surface area contributed by atoms with Crippen molar-refractivity contribution >= 4 is 46.4 Å². The molecular weight excluding hydrogens is 393 g/mol. The fraction of sp³-hybridized carbons (Fsp3) is 0.316. The molecule has 7 heteroatoms. The van der Waals surface area contributed by atoms with Crippen molar-refractivity contribution in [2.75, 3.05) is 38.0 Å². The van der Waals surface area contributed by atoms with Crippen molar-refractivity contribution in [2.24, 2.45) is 0 Å². The molecule has 138 valence electrons. The van der Waals surface area contributed by atoms with E-state index in [4.69, 9.17) is 34.8 Å². The first-order valence-corrected chi connectivity index (χ1v) is 9.57. The minimum Gasteiger partial charge on any atom is -0.322 e. The first-order chi connectivity index (χ1) is 12.5. The van der Waals surface area contributed by atoms with Gasteiger partial charge in [0.1, 0.15) is 0 Å². The summed E-state index contributed by atoms with van der Waals surface area (Å²) in [6, 6.07) is 13.1. The molecule has 2 aromatic rings. The molecule has 0 aromatic heterocycles. The number of para-hydroxylation sites is 1. The predicted octanol–water partition coefficient (Wildman–Crippen LogP) is 4.40. The number of carbonyl (C=O) groups is 1. The molecule has 0 atom stereocenters. The summed E-state index contributed by atoms with van der Waals surface area (Å²) in [5, 5.41) is 4.45. The second-order valence-electron chi connectivity index (χ2n) is 6.33. The van der Waals surface area contributed by atoms with Gasteiger partial charge in [-0.2, -0.15) is 0 Å². The van der Waals surface area contributed by atoms with Crippen LogP contribution in [-0.2, 0) is 11.3 Å². The van der Waals surface area contributed by atoms with Gasteiger partial charge in [-0.1, -0.05) is 53.0 Å². The van der Waals surface area contributed by atoms with Crippen molar-refractivity contribution in [3.05, 3.63) is 63.1 Å². The summed E-state index contributed by atoms with van der Waals surface area (Å²) in [6.45, 7) is 4.69. The van der Waals surface area contributed by atoms with Crippen molar-refractivity contribution in [1.29, 1.82) is 0 Å². The molecule has 1 saturated heterocycles. The predicted molar refractivity (Wildman–Crippen MR) is 108 cm³/mol. The highest BCUT2D eigenvalue weighted by Crippen LogP contribution is 2.29. The van der Waals surface area contributed by atoms with Gasteiger partial charge in [-0.05, 0) is 29.8 Å². The molecule has 0 bridgehead atoms. The third kappa shape index (κ3) is 5.35. The molecule has 26 heavy (non-hydrogen) atoms. The average Bonchev–Trinajstić information content (AvgIpc) is 2.60. The average molecular weight is 413 g/mol. The Balaban J connectivity index is 1.47. The van der Waals surface area contributed by atoms with Crippen LogP contribution >= 0.6 is 34.8 Å². The summed E-state index contributed by atoms with van der Waals surface area (Å²) in [5.41, 5.74) is 1.68. The van der Waals surface area contributed by atoms with Crippen LogP contribution < -0.4 is 5.32 Å². The molecule has 1 heterocycles. The number of hydrogen-bond donors (Lipinski definition) is 1. The number of halogens is 3. The summed E-state index contributed by atoms with van der Waals surface area (Å²) in [7, 11) is 0. The van der Waals surface area contributed by atoms with Gasteiger partial charge in [0.2, 0.25) is 5.91 Å². The van der Waals surface area contributed by atoms with E-state index in [0.717, 1.165) is 37.7 Å². The Morgan fingerprint density at radius 3 is 2.19 bits per heavy atom. The Hall–Kier alpha value is -1.30. The second kappa shape index (κ2) is 9.07. The van der Waals surface area contributed by atoms with Gasteiger partial charge in [0, 0.05) is 37.7 Å². The molecule has 0 unspecified atom stereocenters. The van der Waals surface area contributed by atoms with E-state index < -0.39 is 0 Å². The Kier molecular flexibility index (Phi) is 6.79. The number of piperazine rings is 1. The molecule has 1 N–H and O–H groups in total. The van der Waals surface area contributed by atoms with E-state index in [9.17, 15) is 4.79 Å². The van der Waals surface area contributed by atoms with Gasteiger partial charge in [-0.25, -0.2) is 0 Å². The molecule has 1 fully saturated rings. The highest BCUT2D eigenvalue weighted by atomic mass is 35.5. The molecule has 4 nitrogen and oxygen atoms in total. The third-order valence-electron chi connectivity index (χ3n) is 4.35. The quantitative estimate of drug-likeness (QED) is 0.790. The smallest absolute Gasteiger partial charge is 0.238 e. The standard InChI is InChI=1S/C19H20Cl3N3O/c20-15-4-1-3-14(11-15)12-24-7-9-25(10-8-24)13-18(26)23-19-16(21)5-2-6-17(19)22/h1-6,11H,7-10,12-13H2,(H,23,26). The van der Waals surface area contributed by atoms with Crippen LogP contribution in [-0.4, -0.2) is 48.4 Å². The van der Waals surface area contributed by atoms with E-state index >= 15 is 0 Å². The van der Waals surface area contributed by atoms with E-state index in [1.165, 1.54) is 5.56 Å². The van der Waals surface area contributed by atoms with Gasteiger partial charge in [0.25, 0.3) is 0 Å². The van der Waals surface area contributed by atoms with Crippen molar-refractivity contribution in [2.45, 2.75) is 6.54 Å². The number of amides is 1. The van der Waals surface area contributed by atoms with Crippen LogP contribution in [0.4, 0.5) is 5.69 Å². The maximum atomic E-state index is 12.3. The molecular formula is C19H20Cl3N3O. The highest BCUT2D eigenvalue weighted by Gasteiger charge is 2.20. The van der Waals surface area contributed by atoms with Crippen LogP contribution in [0.2, 0.25) is 15.1 Å². The molecule has 0 aliphatic carbocycles. The van der Waals surface area contributed by atoms with E-state index in [0.29, 0.717) is 22.3 Å². The Bertz CT molecular complexity index is 756. The fourth-order valence-electron chi connectivity index (χ4n) is 3.00. The number of hydrogen-bond acceptors (Lipinski definition) is 3. The summed E-state index contributed by atoms with van der Waals surface area (Å²) < 4.78 is 0. The van der Waals surface area contributed by atoms with Crippen LogP contribution in [0.3, 0.4) is 0 Å². The van der Waals surface area contributed by atoms with E-state index in [1.807, 2.05) is 18.2 Å². The molecule has 0 spiro atoms. The minimum atomic E-state index is -0.108. The zero-order valence-electron chi connectivity index (χ0n) is 14.2. The van der Waals surface area contributed by atoms with E-state index in [-0.39, 0.29) is 5.91 Å². The van der Waals surface area contributed by atoms with Crippen molar-refractivity contribution < 1.29 is 4.79 Å². The maximum absolute atomic E-state index is 12.3. The Morgan fingerprint density at radius 1 is 0.923 bits per heavy atom. The number of nitrogens with zero attached hydrogens (tertiary/aromatic N) is 2. The minimum absolute atomic E-state index is 0.108. The van der Waals surface area contributed by atoms with Gasteiger partial charge >= 0.3 is 0 Å². The summed E-state index contributed by atoms with van der Waals surface area (Å²) in [4.78, 5) is 16.8. The normalized spacial score (nSPS) is 15.8. The largest absolute Gasteiger partial charge is 0.322 e. The molecule has 1 aliphatic rings. The van der Waals surface area contributed by atoms with Gasteiger partial charge in [-0.15, -0.1) is 0 Å². The summed E-state index contributed by atoms with van der Waals surface area (Å²) >= 11 is 18.2. The molecule has 0 radical (unpaired) electrons. The van der Waals surface area contributed by atoms with Crippen LogP contribution in [0.1, 0.15) is 5.56 Å². The fourth-order valence-corrected chi connectivity index (χ4v) is 3.70. The third-order valence-corrected chi connectivity index (χ3v) is 5.22. The van der Waals surface area contributed by atoms with Gasteiger partial charge < -0.3 is 5.32 Å². The summed E-state index contributed by atoms with van der Waals surface area (Å²) in [5.74, 6) is -0.108. The van der Waals surface area contributed by atoms with E-state index in [1.54, 1.807) is 18.2 Å². The van der Waals surface area contributed by atoms with Crippen LogP contribution in [0, 0.1) is 0 Å². The molecule has 1 aliphatic heterocycles. The Labute approximate surface area is 168 Å². The number of rotatable bonds is 5. The lowest BCUT2D eigenvalue weighted by Crippen LogP contribution is -2.48. The lowest BCUT2D eigenvalue weighted by Gasteiger charge is -2.34. The molecule has 0 saturated carbocycles. The van der Waals surface area contributed by atoms with Gasteiger partial charge in [0.15, 0.2) is 0 Å². The van der Waals surface area contributed by atoms with Crippen LogP contribution in [0.15, 0.2) is 42.5 Å². The lowest BCUT2D eigenvalue weighted by molar-refractivity contribution is -0.117. The first kappa shape index (κ1) is 19.5. The molecule has 3 rings (SSSR count). The lowest BCUT2D eigenvalue weighted by atomic mass is 10.2. The Morgan fingerprint density at radius 2 is 1.54 bits per heavy atom. The van der Waals surface area contributed by atoms with Crippen molar-refractivity contribution in [3.63, 3.8) is 0 Å². The van der Waals surface area contributed by atoms with Crippen LogP contribution in [0.5, 0.6) is 0 Å². The zero-order chi connectivity index (χ0) is 18.5. The van der Waals surface area contributed by atoms with E-state index in [2.05, 4.69) is 21.2 Å². The number of anilines is 1. The second-order valence-corrected chi connectivity index (χ2v) is 7.58.